The molecule has 5 aromatic heterocycles. The first-order valence-corrected chi connectivity index (χ1v) is 19.0. The van der Waals surface area contributed by atoms with Crippen LogP contribution in [0, 0.1) is 0 Å². The van der Waals surface area contributed by atoms with E-state index in [2.05, 4.69) is 148 Å². The maximum absolute atomic E-state index is 6.84. The molecule has 55 heavy (non-hydrogen) atoms. The number of fused-ring (bicyclic) bond motifs is 10. The Morgan fingerprint density at radius 3 is 2.31 bits per heavy atom. The standard InChI is InChI=1S/C49H33N5O/c1-3-11-31(12-4-1)35-26-34-21-22-50-46(38(34)28-35)41-25-30(24-40-39-27-32-13-7-8-14-33(32)29-45(39)55-47(40)41)23-36-19-20-44-48(51-36)53(37-15-5-2-6-16-37)49-52-42-17-9-10-18-43(42)54(44)49/h1-22,24-25,27,29,35H,23,26,28H2. The van der Waals surface area contributed by atoms with Gasteiger partial charge < -0.3 is 4.42 Å². The van der Waals surface area contributed by atoms with Crippen molar-refractivity contribution in [1.82, 2.24) is 23.9 Å². The molecule has 0 aliphatic heterocycles. The van der Waals surface area contributed by atoms with E-state index in [1.54, 1.807) is 0 Å². The van der Waals surface area contributed by atoms with Crippen LogP contribution in [-0.2, 0) is 19.3 Å². The van der Waals surface area contributed by atoms with E-state index in [0.29, 0.717) is 12.3 Å². The average molecular weight is 708 g/mol. The lowest BCUT2D eigenvalue weighted by molar-refractivity contribution is 0.670. The zero-order valence-electron chi connectivity index (χ0n) is 29.9. The van der Waals surface area contributed by atoms with Gasteiger partial charge in [0.15, 0.2) is 5.65 Å². The molecule has 1 aliphatic carbocycles. The van der Waals surface area contributed by atoms with Gasteiger partial charge in [0, 0.05) is 34.6 Å². The van der Waals surface area contributed by atoms with Crippen LogP contribution in [0.5, 0.6) is 0 Å². The van der Waals surface area contributed by atoms with Crippen molar-refractivity contribution in [3.8, 4) is 16.9 Å². The number of furan rings is 1. The minimum absolute atomic E-state index is 0.425. The molecule has 0 bridgehead atoms. The molecule has 0 spiro atoms. The molecule has 0 radical (unpaired) electrons. The van der Waals surface area contributed by atoms with Gasteiger partial charge >= 0.3 is 0 Å². The van der Waals surface area contributed by atoms with Gasteiger partial charge in [0.2, 0.25) is 5.78 Å². The summed E-state index contributed by atoms with van der Waals surface area (Å²) in [6, 6.07) is 53.7. The fraction of sp³-hybridized carbons (Fsp3) is 0.0816. The maximum atomic E-state index is 6.84. The van der Waals surface area contributed by atoms with Gasteiger partial charge in [0.25, 0.3) is 0 Å². The van der Waals surface area contributed by atoms with Gasteiger partial charge in [-0.2, -0.15) is 0 Å². The molecule has 0 amide bonds. The molecule has 0 N–H and O–H groups in total. The third-order valence-electron chi connectivity index (χ3n) is 11.6. The molecule has 11 aromatic rings. The highest BCUT2D eigenvalue weighted by molar-refractivity contribution is 6.13. The van der Waals surface area contributed by atoms with Gasteiger partial charge in [-0.15, -0.1) is 0 Å². The van der Waals surface area contributed by atoms with E-state index in [0.717, 1.165) is 91.0 Å². The highest BCUT2D eigenvalue weighted by atomic mass is 16.3. The fourth-order valence-electron chi connectivity index (χ4n) is 9.07. The Morgan fingerprint density at radius 1 is 0.655 bits per heavy atom. The second kappa shape index (κ2) is 11.7. The Kier molecular flexibility index (Phi) is 6.48. The Morgan fingerprint density at radius 2 is 1.44 bits per heavy atom. The average Bonchev–Trinajstić information content (AvgIpc) is 4.00. The van der Waals surface area contributed by atoms with Gasteiger partial charge in [-0.05, 0) is 119 Å². The van der Waals surface area contributed by atoms with Crippen molar-refractivity contribution in [1.29, 1.82) is 0 Å². The monoisotopic (exact) mass is 707 g/mol. The van der Waals surface area contributed by atoms with Crippen molar-refractivity contribution in [3.63, 3.8) is 0 Å². The first-order valence-electron chi connectivity index (χ1n) is 19.0. The van der Waals surface area contributed by atoms with Crippen molar-refractivity contribution < 1.29 is 4.42 Å². The highest BCUT2D eigenvalue weighted by Crippen LogP contribution is 2.43. The Balaban J connectivity index is 1.05. The molecule has 1 aliphatic rings. The summed E-state index contributed by atoms with van der Waals surface area (Å²) in [5.41, 5.74) is 15.0. The summed E-state index contributed by atoms with van der Waals surface area (Å²) in [6.45, 7) is 0. The molecule has 1 unspecified atom stereocenters. The lowest BCUT2D eigenvalue weighted by Gasteiger charge is -2.12. The van der Waals surface area contributed by atoms with Crippen LogP contribution in [0.1, 0.15) is 33.9 Å². The lowest BCUT2D eigenvalue weighted by Crippen LogP contribution is -2.00. The van der Waals surface area contributed by atoms with Gasteiger partial charge in [-0.3, -0.25) is 14.0 Å². The smallest absolute Gasteiger partial charge is 0.221 e. The van der Waals surface area contributed by atoms with Crippen LogP contribution in [0.3, 0.4) is 0 Å². The van der Waals surface area contributed by atoms with Crippen LogP contribution in [0.15, 0.2) is 162 Å². The van der Waals surface area contributed by atoms with Gasteiger partial charge in [-0.1, -0.05) is 84.9 Å². The number of nitrogens with zero attached hydrogens (tertiary/aromatic N) is 5. The predicted octanol–water partition coefficient (Wildman–Crippen LogP) is 11.4. The third kappa shape index (κ3) is 4.71. The third-order valence-corrected chi connectivity index (χ3v) is 11.6. The van der Waals surface area contributed by atoms with E-state index in [9.17, 15) is 0 Å². The summed E-state index contributed by atoms with van der Waals surface area (Å²) in [6.07, 6.45) is 4.57. The van der Waals surface area contributed by atoms with Crippen LogP contribution in [-0.4, -0.2) is 23.9 Å². The molecular formula is C49H33N5O. The summed E-state index contributed by atoms with van der Waals surface area (Å²) in [7, 11) is 0. The number of hydrogen-bond acceptors (Lipinski definition) is 4. The minimum Gasteiger partial charge on any atom is -0.455 e. The second-order valence-corrected chi connectivity index (χ2v) is 14.9. The normalized spacial score (nSPS) is 14.3. The van der Waals surface area contributed by atoms with Crippen molar-refractivity contribution in [2.45, 2.75) is 25.2 Å². The van der Waals surface area contributed by atoms with Crippen LogP contribution in [0.4, 0.5) is 0 Å². The highest BCUT2D eigenvalue weighted by Gasteiger charge is 2.28. The Labute approximate surface area is 316 Å². The van der Waals surface area contributed by atoms with E-state index in [-0.39, 0.29) is 0 Å². The van der Waals surface area contributed by atoms with Crippen LogP contribution in [0.2, 0.25) is 0 Å². The van der Waals surface area contributed by atoms with Crippen molar-refractivity contribution in [2.24, 2.45) is 0 Å². The Hall–Kier alpha value is -7.05. The molecule has 6 aromatic carbocycles. The van der Waals surface area contributed by atoms with Gasteiger partial charge in [0.05, 0.1) is 27.9 Å². The summed E-state index contributed by atoms with van der Waals surface area (Å²) < 4.78 is 11.2. The zero-order valence-corrected chi connectivity index (χ0v) is 29.9. The van der Waals surface area contributed by atoms with E-state index >= 15 is 0 Å². The number of benzene rings is 6. The molecule has 12 rings (SSSR count). The zero-order chi connectivity index (χ0) is 36.0. The molecular weight excluding hydrogens is 675 g/mol. The predicted molar refractivity (Wildman–Crippen MR) is 221 cm³/mol. The second-order valence-electron chi connectivity index (χ2n) is 14.9. The Bertz CT molecular complexity index is 3300. The molecule has 260 valence electrons. The molecule has 0 fully saturated rings. The molecule has 6 heteroatoms. The number of pyridine rings is 2. The van der Waals surface area contributed by atoms with Crippen molar-refractivity contribution in [2.75, 3.05) is 0 Å². The summed E-state index contributed by atoms with van der Waals surface area (Å²) in [5, 5.41) is 4.57. The van der Waals surface area contributed by atoms with E-state index in [1.165, 1.54) is 27.5 Å². The number of imidazole rings is 2. The van der Waals surface area contributed by atoms with Crippen LogP contribution < -0.4 is 0 Å². The lowest BCUT2D eigenvalue weighted by atomic mass is 9.94. The minimum atomic E-state index is 0.425. The van der Waals surface area contributed by atoms with Gasteiger partial charge in [0.1, 0.15) is 11.2 Å². The topological polar surface area (TPSA) is 61.2 Å². The summed E-state index contributed by atoms with van der Waals surface area (Å²) >= 11 is 0. The quantitative estimate of drug-likeness (QED) is 0.179. The summed E-state index contributed by atoms with van der Waals surface area (Å²) in [4.78, 5) is 15.6. The number of hydrogen-bond donors (Lipinski definition) is 0. The van der Waals surface area contributed by atoms with Crippen molar-refractivity contribution in [3.05, 3.63) is 186 Å². The first-order chi connectivity index (χ1) is 27.2. The molecule has 6 nitrogen and oxygen atoms in total. The largest absolute Gasteiger partial charge is 0.455 e. The van der Waals surface area contributed by atoms with Crippen LogP contribution >= 0.6 is 0 Å². The first kappa shape index (κ1) is 30.4. The maximum Gasteiger partial charge on any atom is 0.221 e. The molecule has 1 atom stereocenters. The fourth-order valence-corrected chi connectivity index (χ4v) is 9.07. The summed E-state index contributed by atoms with van der Waals surface area (Å²) in [5.74, 6) is 1.28. The molecule has 0 saturated carbocycles. The van der Waals surface area contributed by atoms with Gasteiger partial charge in [-0.25, -0.2) is 9.97 Å². The van der Waals surface area contributed by atoms with Crippen molar-refractivity contribution >= 4 is 60.7 Å². The van der Waals surface area contributed by atoms with E-state index in [4.69, 9.17) is 19.4 Å². The molecule has 0 saturated heterocycles. The van der Waals surface area contributed by atoms with E-state index in [1.807, 2.05) is 18.3 Å². The van der Waals surface area contributed by atoms with E-state index < -0.39 is 0 Å². The number of para-hydroxylation sites is 3. The number of rotatable bonds is 5. The SMILES string of the molecule is c1ccc(C2Cc3ccnc(-c4cc(Cc5ccc6c(n5)n(-c5ccccc5)c5nc7ccccc7n65)cc5c4oc4cc6ccccc6cc45)c3C2)cc1. The number of aromatic nitrogens is 5. The molecule has 5 heterocycles. The van der Waals surface area contributed by atoms with Crippen LogP contribution in [0.25, 0.3) is 77.6 Å².